The van der Waals surface area contributed by atoms with Gasteiger partial charge < -0.3 is 15.4 Å². The number of hydrogen-bond donors (Lipinski definition) is 2. The summed E-state index contributed by atoms with van der Waals surface area (Å²) in [6, 6.07) is 12.1. The van der Waals surface area contributed by atoms with Crippen molar-refractivity contribution in [1.82, 2.24) is 0 Å². The smallest absolute Gasteiger partial charge is 0.175 e. The standard InChI is InChI=1S/C16H17FN2OS/c1-3-20-15-7-5-4-6-13(15)18-16(21)19-14-10-12(17)9-8-11(14)2/h4-10H,3H2,1-2H3,(H2,18,19,21). The van der Waals surface area contributed by atoms with Crippen molar-refractivity contribution in [3.63, 3.8) is 0 Å². The summed E-state index contributed by atoms with van der Waals surface area (Å²) in [6.45, 7) is 4.38. The van der Waals surface area contributed by atoms with Crippen LogP contribution in [0.15, 0.2) is 42.5 Å². The lowest BCUT2D eigenvalue weighted by molar-refractivity contribution is 0.342. The highest BCUT2D eigenvalue weighted by atomic mass is 32.1. The molecule has 0 atom stereocenters. The molecule has 0 spiro atoms. The first-order valence-corrected chi connectivity index (χ1v) is 7.07. The molecule has 3 nitrogen and oxygen atoms in total. The Bertz CT molecular complexity index is 646. The molecule has 0 aromatic heterocycles. The summed E-state index contributed by atoms with van der Waals surface area (Å²) in [4.78, 5) is 0. The molecule has 110 valence electrons. The maximum absolute atomic E-state index is 13.3. The first-order valence-electron chi connectivity index (χ1n) is 6.66. The van der Waals surface area contributed by atoms with Gasteiger partial charge in [0.25, 0.3) is 0 Å². The van der Waals surface area contributed by atoms with Gasteiger partial charge in [0.05, 0.1) is 12.3 Å². The molecular formula is C16H17FN2OS. The number of anilines is 2. The molecule has 0 aliphatic carbocycles. The molecule has 2 N–H and O–H groups in total. The van der Waals surface area contributed by atoms with E-state index in [0.717, 1.165) is 17.0 Å². The van der Waals surface area contributed by atoms with Crippen LogP contribution in [0.1, 0.15) is 12.5 Å². The second-order valence-electron chi connectivity index (χ2n) is 4.47. The van der Waals surface area contributed by atoms with E-state index in [2.05, 4.69) is 10.6 Å². The predicted octanol–water partition coefficient (Wildman–Crippen LogP) is 4.34. The van der Waals surface area contributed by atoms with E-state index in [4.69, 9.17) is 17.0 Å². The van der Waals surface area contributed by atoms with E-state index in [1.807, 2.05) is 38.1 Å². The van der Waals surface area contributed by atoms with Gasteiger partial charge in [-0.25, -0.2) is 4.39 Å². The summed E-state index contributed by atoms with van der Waals surface area (Å²) in [5, 5.41) is 6.44. The van der Waals surface area contributed by atoms with Gasteiger partial charge in [-0.05, 0) is 55.9 Å². The second-order valence-corrected chi connectivity index (χ2v) is 4.88. The van der Waals surface area contributed by atoms with Crippen LogP contribution in [0.4, 0.5) is 15.8 Å². The number of rotatable bonds is 4. The normalized spacial score (nSPS) is 10.0. The number of nitrogens with one attached hydrogen (secondary N) is 2. The minimum Gasteiger partial charge on any atom is -0.492 e. The highest BCUT2D eigenvalue weighted by molar-refractivity contribution is 7.80. The third kappa shape index (κ3) is 4.16. The molecule has 0 heterocycles. The highest BCUT2D eigenvalue weighted by Gasteiger charge is 2.06. The summed E-state index contributed by atoms with van der Waals surface area (Å²) in [5.74, 6) is 0.417. The quantitative estimate of drug-likeness (QED) is 0.823. The zero-order chi connectivity index (χ0) is 15.2. The molecule has 0 amide bonds. The molecule has 0 fully saturated rings. The summed E-state index contributed by atoms with van der Waals surface area (Å²) in [7, 11) is 0. The number of benzene rings is 2. The van der Waals surface area contributed by atoms with E-state index in [-0.39, 0.29) is 5.82 Å². The Kier molecular flexibility index (Phi) is 5.11. The van der Waals surface area contributed by atoms with Gasteiger partial charge in [0.1, 0.15) is 11.6 Å². The van der Waals surface area contributed by atoms with Crippen LogP contribution in [0.3, 0.4) is 0 Å². The zero-order valence-corrected chi connectivity index (χ0v) is 12.8. The average molecular weight is 304 g/mol. The fourth-order valence-corrected chi connectivity index (χ4v) is 2.08. The Balaban J connectivity index is 2.10. The number of thiocarbonyl (C=S) groups is 1. The molecule has 2 rings (SSSR count). The maximum atomic E-state index is 13.3. The first-order chi connectivity index (χ1) is 10.1. The highest BCUT2D eigenvalue weighted by Crippen LogP contribution is 2.24. The van der Waals surface area contributed by atoms with Crippen molar-refractivity contribution < 1.29 is 9.13 Å². The van der Waals surface area contributed by atoms with Crippen molar-refractivity contribution in [3.05, 3.63) is 53.8 Å². The molecule has 0 aliphatic heterocycles. The van der Waals surface area contributed by atoms with Crippen LogP contribution in [0, 0.1) is 12.7 Å². The lowest BCUT2D eigenvalue weighted by atomic mass is 10.2. The molecule has 21 heavy (non-hydrogen) atoms. The van der Waals surface area contributed by atoms with E-state index < -0.39 is 0 Å². The van der Waals surface area contributed by atoms with Crippen LogP contribution in [0.25, 0.3) is 0 Å². The first kappa shape index (κ1) is 15.3. The molecule has 2 aromatic carbocycles. The maximum Gasteiger partial charge on any atom is 0.175 e. The van der Waals surface area contributed by atoms with Gasteiger partial charge in [0.15, 0.2) is 5.11 Å². The third-order valence-corrected chi connectivity index (χ3v) is 3.09. The Morgan fingerprint density at radius 3 is 2.62 bits per heavy atom. The minimum atomic E-state index is -0.305. The van der Waals surface area contributed by atoms with Crippen molar-refractivity contribution in [3.8, 4) is 5.75 Å². The zero-order valence-electron chi connectivity index (χ0n) is 11.9. The summed E-state index contributed by atoms with van der Waals surface area (Å²) in [6.07, 6.45) is 0. The monoisotopic (exact) mass is 304 g/mol. The minimum absolute atomic E-state index is 0.305. The molecule has 2 aromatic rings. The number of hydrogen-bond acceptors (Lipinski definition) is 2. The van der Waals surface area contributed by atoms with Crippen molar-refractivity contribution in [2.75, 3.05) is 17.2 Å². The number of halogens is 1. The summed E-state index contributed by atoms with van der Waals surface area (Å²) < 4.78 is 18.8. The fraction of sp³-hybridized carbons (Fsp3) is 0.188. The van der Waals surface area contributed by atoms with Crippen molar-refractivity contribution >= 4 is 28.7 Å². The van der Waals surface area contributed by atoms with E-state index >= 15 is 0 Å². The average Bonchev–Trinajstić information content (AvgIpc) is 2.45. The third-order valence-electron chi connectivity index (χ3n) is 2.88. The topological polar surface area (TPSA) is 33.3 Å². The molecule has 0 aliphatic rings. The van der Waals surface area contributed by atoms with Gasteiger partial charge >= 0.3 is 0 Å². The van der Waals surface area contributed by atoms with Crippen LogP contribution in [-0.2, 0) is 0 Å². The number of ether oxygens (including phenoxy) is 1. The van der Waals surface area contributed by atoms with Crippen LogP contribution >= 0.6 is 12.2 Å². The van der Waals surface area contributed by atoms with Crippen molar-refractivity contribution in [1.29, 1.82) is 0 Å². The summed E-state index contributed by atoms with van der Waals surface area (Å²) in [5.41, 5.74) is 2.32. The molecule has 0 saturated carbocycles. The lowest BCUT2D eigenvalue weighted by Gasteiger charge is -2.15. The van der Waals surface area contributed by atoms with E-state index in [9.17, 15) is 4.39 Å². The van der Waals surface area contributed by atoms with E-state index in [1.54, 1.807) is 6.07 Å². The van der Waals surface area contributed by atoms with Gasteiger partial charge in [0, 0.05) is 5.69 Å². The largest absolute Gasteiger partial charge is 0.492 e. The predicted molar refractivity (Wildman–Crippen MR) is 88.6 cm³/mol. The molecule has 0 radical (unpaired) electrons. The molecule has 0 saturated heterocycles. The van der Waals surface area contributed by atoms with E-state index in [1.165, 1.54) is 12.1 Å². The molecule has 5 heteroatoms. The Labute approximate surface area is 129 Å². The van der Waals surface area contributed by atoms with Crippen molar-refractivity contribution in [2.24, 2.45) is 0 Å². The van der Waals surface area contributed by atoms with Crippen LogP contribution in [-0.4, -0.2) is 11.7 Å². The Morgan fingerprint density at radius 2 is 1.86 bits per heavy atom. The molecule has 0 bridgehead atoms. The summed E-state index contributed by atoms with van der Waals surface area (Å²) >= 11 is 5.26. The fourth-order valence-electron chi connectivity index (χ4n) is 1.86. The second kappa shape index (κ2) is 7.04. The van der Waals surface area contributed by atoms with E-state index in [0.29, 0.717) is 17.4 Å². The van der Waals surface area contributed by atoms with Gasteiger partial charge in [-0.2, -0.15) is 0 Å². The molecule has 0 unspecified atom stereocenters. The van der Waals surface area contributed by atoms with Crippen LogP contribution in [0.5, 0.6) is 5.75 Å². The Morgan fingerprint density at radius 1 is 1.14 bits per heavy atom. The SMILES string of the molecule is CCOc1ccccc1NC(=S)Nc1cc(F)ccc1C. The Hall–Kier alpha value is -2.14. The van der Waals surface area contributed by atoms with Crippen LogP contribution in [0.2, 0.25) is 0 Å². The van der Waals surface area contributed by atoms with Gasteiger partial charge in [0.2, 0.25) is 0 Å². The number of aryl methyl sites for hydroxylation is 1. The van der Waals surface area contributed by atoms with Gasteiger partial charge in [-0.1, -0.05) is 18.2 Å². The lowest BCUT2D eigenvalue weighted by Crippen LogP contribution is -2.20. The molecular weight excluding hydrogens is 287 g/mol. The van der Waals surface area contributed by atoms with Crippen molar-refractivity contribution in [2.45, 2.75) is 13.8 Å². The van der Waals surface area contributed by atoms with Gasteiger partial charge in [-0.3, -0.25) is 0 Å². The van der Waals surface area contributed by atoms with Gasteiger partial charge in [-0.15, -0.1) is 0 Å². The van der Waals surface area contributed by atoms with Crippen LogP contribution < -0.4 is 15.4 Å². The number of para-hydroxylation sites is 2.